The summed E-state index contributed by atoms with van der Waals surface area (Å²) in [6.07, 6.45) is -5.08. The standard InChI is InChI=1S/C8H16O7/c1-13-5-4(10)6(11)8(12,3-9)15-7(5)14-2/h4-7,9-12H,3H2,1-2H3/t4-,5-,6-,7-,8?/m1/s1. The predicted molar refractivity (Wildman–Crippen MR) is 46.7 cm³/mol. The van der Waals surface area contributed by atoms with Gasteiger partial charge < -0.3 is 34.6 Å². The maximum Gasteiger partial charge on any atom is 0.221 e. The van der Waals surface area contributed by atoms with Crippen LogP contribution in [0.4, 0.5) is 0 Å². The molecular weight excluding hydrogens is 208 g/mol. The number of hydrogen-bond acceptors (Lipinski definition) is 7. The van der Waals surface area contributed by atoms with Crippen LogP contribution < -0.4 is 0 Å². The molecule has 1 fully saturated rings. The van der Waals surface area contributed by atoms with Gasteiger partial charge in [-0.25, -0.2) is 0 Å². The van der Waals surface area contributed by atoms with E-state index in [1.54, 1.807) is 0 Å². The van der Waals surface area contributed by atoms with Crippen molar-refractivity contribution >= 4 is 0 Å². The van der Waals surface area contributed by atoms with Crippen molar-refractivity contribution in [3.63, 3.8) is 0 Å². The molecule has 15 heavy (non-hydrogen) atoms. The van der Waals surface area contributed by atoms with Crippen LogP contribution in [0.15, 0.2) is 0 Å². The Kier molecular flexibility index (Phi) is 4.01. The Balaban J connectivity index is 2.87. The van der Waals surface area contributed by atoms with Crippen LogP contribution >= 0.6 is 0 Å². The van der Waals surface area contributed by atoms with E-state index in [2.05, 4.69) is 0 Å². The van der Waals surface area contributed by atoms with E-state index in [0.29, 0.717) is 0 Å². The topological polar surface area (TPSA) is 109 Å². The van der Waals surface area contributed by atoms with Gasteiger partial charge in [-0.3, -0.25) is 0 Å². The first kappa shape index (κ1) is 12.8. The first-order chi connectivity index (χ1) is 7.00. The van der Waals surface area contributed by atoms with Crippen molar-refractivity contribution in [2.45, 2.75) is 30.4 Å². The summed E-state index contributed by atoms with van der Waals surface area (Å²) < 4.78 is 14.6. The van der Waals surface area contributed by atoms with E-state index in [0.717, 1.165) is 0 Å². The van der Waals surface area contributed by atoms with Crippen LogP contribution in [0, 0.1) is 0 Å². The van der Waals surface area contributed by atoms with Gasteiger partial charge in [0.25, 0.3) is 0 Å². The smallest absolute Gasteiger partial charge is 0.221 e. The molecule has 0 spiro atoms. The van der Waals surface area contributed by atoms with Crippen LogP contribution in [-0.4, -0.2) is 71.6 Å². The van der Waals surface area contributed by atoms with Crippen molar-refractivity contribution in [3.05, 3.63) is 0 Å². The highest BCUT2D eigenvalue weighted by Gasteiger charge is 2.53. The maximum atomic E-state index is 9.62. The van der Waals surface area contributed by atoms with Gasteiger partial charge in [0.1, 0.15) is 18.3 Å². The molecule has 0 aliphatic carbocycles. The van der Waals surface area contributed by atoms with Crippen LogP contribution in [-0.2, 0) is 14.2 Å². The van der Waals surface area contributed by atoms with E-state index in [9.17, 15) is 15.3 Å². The van der Waals surface area contributed by atoms with Gasteiger partial charge >= 0.3 is 0 Å². The number of hydrogen-bond donors (Lipinski definition) is 4. The number of ether oxygens (including phenoxy) is 3. The molecule has 1 unspecified atom stereocenters. The van der Waals surface area contributed by atoms with Crippen molar-refractivity contribution in [1.82, 2.24) is 0 Å². The van der Waals surface area contributed by atoms with Crippen LogP contribution in [0.5, 0.6) is 0 Å². The highest BCUT2D eigenvalue weighted by molar-refractivity contribution is 4.93. The third-order valence-corrected chi connectivity index (χ3v) is 2.44. The van der Waals surface area contributed by atoms with Gasteiger partial charge in [0.05, 0.1) is 6.61 Å². The Morgan fingerprint density at radius 3 is 2.27 bits per heavy atom. The minimum Gasteiger partial charge on any atom is -0.391 e. The minimum atomic E-state index is -2.24. The zero-order valence-electron chi connectivity index (χ0n) is 8.53. The van der Waals surface area contributed by atoms with Crippen LogP contribution in [0.1, 0.15) is 0 Å². The highest BCUT2D eigenvalue weighted by atomic mass is 16.8. The zero-order chi connectivity index (χ0) is 11.6. The molecule has 1 rings (SSSR count). The zero-order valence-corrected chi connectivity index (χ0v) is 8.53. The molecule has 0 radical (unpaired) electrons. The molecular formula is C8H16O7. The molecule has 7 heteroatoms. The van der Waals surface area contributed by atoms with Gasteiger partial charge in [0, 0.05) is 14.2 Å². The van der Waals surface area contributed by atoms with Gasteiger partial charge in [-0.2, -0.15) is 0 Å². The Hall–Kier alpha value is -0.280. The second kappa shape index (κ2) is 4.71. The first-order valence-corrected chi connectivity index (χ1v) is 4.43. The fourth-order valence-corrected chi connectivity index (χ4v) is 1.51. The van der Waals surface area contributed by atoms with Crippen LogP contribution in [0.3, 0.4) is 0 Å². The molecule has 7 nitrogen and oxygen atoms in total. The monoisotopic (exact) mass is 224 g/mol. The summed E-state index contributed by atoms with van der Waals surface area (Å²) >= 11 is 0. The van der Waals surface area contributed by atoms with Gasteiger partial charge in [0.15, 0.2) is 6.29 Å². The summed E-state index contributed by atoms with van der Waals surface area (Å²) in [7, 11) is 2.60. The molecule has 90 valence electrons. The van der Waals surface area contributed by atoms with Crippen LogP contribution in [0.2, 0.25) is 0 Å². The molecule has 1 heterocycles. The normalized spacial score (nSPS) is 46.8. The average molecular weight is 224 g/mol. The lowest BCUT2D eigenvalue weighted by Gasteiger charge is -2.45. The van der Waals surface area contributed by atoms with Gasteiger partial charge in [-0.15, -0.1) is 0 Å². The molecule has 1 aliphatic rings. The van der Waals surface area contributed by atoms with Crippen molar-refractivity contribution < 1.29 is 34.6 Å². The van der Waals surface area contributed by atoms with Gasteiger partial charge in [-0.1, -0.05) is 0 Å². The maximum absolute atomic E-state index is 9.62. The van der Waals surface area contributed by atoms with E-state index >= 15 is 0 Å². The van der Waals surface area contributed by atoms with Crippen molar-refractivity contribution in [3.8, 4) is 0 Å². The van der Waals surface area contributed by atoms with Gasteiger partial charge in [0.2, 0.25) is 5.79 Å². The summed E-state index contributed by atoms with van der Waals surface area (Å²) in [5, 5.41) is 37.6. The van der Waals surface area contributed by atoms with Crippen molar-refractivity contribution in [2.24, 2.45) is 0 Å². The highest BCUT2D eigenvalue weighted by Crippen LogP contribution is 2.29. The number of aliphatic hydroxyl groups is 4. The lowest BCUT2D eigenvalue weighted by Crippen LogP contribution is -2.66. The average Bonchev–Trinajstić information content (AvgIpc) is 2.25. The summed E-state index contributed by atoms with van der Waals surface area (Å²) in [5.74, 6) is -2.24. The number of methoxy groups -OCH3 is 2. The molecule has 5 atom stereocenters. The predicted octanol–water partition coefficient (Wildman–Crippen LogP) is -2.59. The second-order valence-corrected chi connectivity index (χ2v) is 3.36. The lowest BCUT2D eigenvalue weighted by atomic mass is 9.96. The Morgan fingerprint density at radius 2 is 1.87 bits per heavy atom. The fraction of sp³-hybridized carbons (Fsp3) is 1.00. The third kappa shape index (κ3) is 2.13. The number of aliphatic hydroxyl groups excluding tert-OH is 3. The third-order valence-electron chi connectivity index (χ3n) is 2.44. The molecule has 4 N–H and O–H groups in total. The SMILES string of the molecule is CO[C@@H]1OC(O)(CO)[C@H](O)[C@H](O)[C@H]1OC. The number of rotatable bonds is 3. The first-order valence-electron chi connectivity index (χ1n) is 4.43. The van der Waals surface area contributed by atoms with Crippen molar-refractivity contribution in [1.29, 1.82) is 0 Å². The Morgan fingerprint density at radius 1 is 1.27 bits per heavy atom. The largest absolute Gasteiger partial charge is 0.391 e. The van der Waals surface area contributed by atoms with E-state index in [4.69, 9.17) is 19.3 Å². The van der Waals surface area contributed by atoms with Crippen molar-refractivity contribution in [2.75, 3.05) is 20.8 Å². The van der Waals surface area contributed by atoms with Crippen LogP contribution in [0.25, 0.3) is 0 Å². The quantitative estimate of drug-likeness (QED) is 0.416. The summed E-state index contributed by atoms with van der Waals surface area (Å²) in [4.78, 5) is 0. The molecule has 0 amide bonds. The molecule has 0 aromatic rings. The molecule has 0 aromatic carbocycles. The molecule has 0 bridgehead atoms. The van der Waals surface area contributed by atoms with E-state index in [-0.39, 0.29) is 0 Å². The molecule has 1 aliphatic heterocycles. The van der Waals surface area contributed by atoms with E-state index < -0.39 is 37.0 Å². The summed E-state index contributed by atoms with van der Waals surface area (Å²) in [5.41, 5.74) is 0. The lowest BCUT2D eigenvalue weighted by molar-refractivity contribution is -0.396. The summed E-state index contributed by atoms with van der Waals surface area (Å²) in [6, 6.07) is 0. The summed E-state index contributed by atoms with van der Waals surface area (Å²) in [6.45, 7) is -0.860. The molecule has 0 aromatic heterocycles. The second-order valence-electron chi connectivity index (χ2n) is 3.36. The Labute approximate surface area is 86.8 Å². The Bertz CT molecular complexity index is 207. The van der Waals surface area contributed by atoms with Gasteiger partial charge in [-0.05, 0) is 0 Å². The van der Waals surface area contributed by atoms with E-state index in [1.165, 1.54) is 14.2 Å². The fourth-order valence-electron chi connectivity index (χ4n) is 1.51. The minimum absolute atomic E-state index is 0.860. The molecule has 1 saturated heterocycles. The molecule has 0 saturated carbocycles. The van der Waals surface area contributed by atoms with E-state index in [1.807, 2.05) is 0 Å².